The van der Waals surface area contributed by atoms with Crippen molar-refractivity contribution in [2.45, 2.75) is 12.8 Å². The molecule has 0 bridgehead atoms. The Morgan fingerprint density at radius 1 is 1.13 bits per heavy atom. The summed E-state index contributed by atoms with van der Waals surface area (Å²) in [4.78, 5) is 19.0. The lowest BCUT2D eigenvalue weighted by atomic mass is 10.0. The molecule has 2 heterocycles. The minimum Gasteiger partial charge on any atom is -0.309 e. The maximum atomic E-state index is 12.6. The molecule has 1 aromatic heterocycles. The Kier molecular flexibility index (Phi) is 3.67. The van der Waals surface area contributed by atoms with Gasteiger partial charge in [0.15, 0.2) is 0 Å². The van der Waals surface area contributed by atoms with Crippen molar-refractivity contribution in [3.05, 3.63) is 65.2 Å². The first kappa shape index (κ1) is 14.2. The van der Waals surface area contributed by atoms with Crippen molar-refractivity contribution in [1.29, 1.82) is 0 Å². The molecule has 1 aliphatic heterocycles. The number of amides is 1. The molecule has 3 nitrogen and oxygen atoms in total. The fourth-order valence-electron chi connectivity index (χ4n) is 2.96. The largest absolute Gasteiger partial charge is 0.309 e. The lowest BCUT2D eigenvalue weighted by Gasteiger charge is -2.28. The number of aromatic nitrogens is 1. The van der Waals surface area contributed by atoms with Crippen LogP contribution >= 0.6 is 11.3 Å². The van der Waals surface area contributed by atoms with Gasteiger partial charge in [-0.15, -0.1) is 11.3 Å². The van der Waals surface area contributed by atoms with Crippen LogP contribution in [0.4, 0.5) is 5.69 Å². The zero-order valence-corrected chi connectivity index (χ0v) is 13.4. The second kappa shape index (κ2) is 5.97. The number of thiazole rings is 1. The van der Waals surface area contributed by atoms with E-state index in [1.54, 1.807) is 17.4 Å². The Hall–Kier alpha value is -2.46. The van der Waals surface area contributed by atoms with Gasteiger partial charge in [-0.2, -0.15) is 0 Å². The van der Waals surface area contributed by atoms with Crippen molar-refractivity contribution in [3.8, 4) is 0 Å². The molecule has 4 rings (SSSR count). The maximum Gasteiger partial charge on any atom is 0.251 e. The van der Waals surface area contributed by atoms with E-state index in [2.05, 4.69) is 11.1 Å². The predicted molar refractivity (Wildman–Crippen MR) is 95.8 cm³/mol. The van der Waals surface area contributed by atoms with Crippen LogP contribution in [0.3, 0.4) is 0 Å². The number of anilines is 1. The molecule has 0 radical (unpaired) electrons. The summed E-state index contributed by atoms with van der Waals surface area (Å²) < 4.78 is 1.14. The fraction of sp³-hybridized carbons (Fsp3) is 0.158. The van der Waals surface area contributed by atoms with E-state index in [9.17, 15) is 4.79 Å². The van der Waals surface area contributed by atoms with Crippen LogP contribution in [-0.2, 0) is 11.2 Å². The van der Waals surface area contributed by atoms with Gasteiger partial charge in [0.25, 0.3) is 5.91 Å². The Morgan fingerprint density at radius 2 is 1.96 bits per heavy atom. The van der Waals surface area contributed by atoms with E-state index >= 15 is 0 Å². The molecule has 0 N–H and O–H groups in total. The summed E-state index contributed by atoms with van der Waals surface area (Å²) in [6.07, 6.45) is 5.52. The number of para-hydroxylation sites is 2. The second-order valence-electron chi connectivity index (χ2n) is 5.58. The van der Waals surface area contributed by atoms with Crippen LogP contribution in [-0.4, -0.2) is 17.4 Å². The summed E-state index contributed by atoms with van der Waals surface area (Å²) in [5, 5.41) is 0.866. The molecule has 0 fully saturated rings. The molecule has 0 saturated carbocycles. The highest BCUT2D eigenvalue weighted by Crippen LogP contribution is 2.27. The summed E-state index contributed by atoms with van der Waals surface area (Å²) >= 11 is 1.60. The lowest BCUT2D eigenvalue weighted by Crippen LogP contribution is -2.34. The number of hydrogen-bond donors (Lipinski definition) is 0. The van der Waals surface area contributed by atoms with E-state index in [4.69, 9.17) is 0 Å². The summed E-state index contributed by atoms with van der Waals surface area (Å²) in [6.45, 7) is 0.778. The van der Waals surface area contributed by atoms with Gasteiger partial charge >= 0.3 is 0 Å². The van der Waals surface area contributed by atoms with E-state index in [0.717, 1.165) is 40.3 Å². The SMILES string of the molecule is O=C(C=Cc1nc2ccccc2s1)N1CCCc2ccccc21. The summed E-state index contributed by atoms with van der Waals surface area (Å²) in [7, 11) is 0. The third kappa shape index (κ3) is 2.78. The van der Waals surface area contributed by atoms with Gasteiger partial charge < -0.3 is 4.90 Å². The fourth-order valence-corrected chi connectivity index (χ4v) is 3.83. The highest BCUT2D eigenvalue weighted by atomic mass is 32.1. The Balaban J connectivity index is 1.58. The molecule has 0 unspecified atom stereocenters. The van der Waals surface area contributed by atoms with E-state index in [1.165, 1.54) is 5.56 Å². The third-order valence-electron chi connectivity index (χ3n) is 4.06. The van der Waals surface area contributed by atoms with E-state index < -0.39 is 0 Å². The highest BCUT2D eigenvalue weighted by Gasteiger charge is 2.20. The van der Waals surface area contributed by atoms with Crippen molar-refractivity contribution >= 4 is 39.2 Å². The average Bonchev–Trinajstić information content (AvgIpc) is 3.02. The Morgan fingerprint density at radius 3 is 2.87 bits per heavy atom. The number of nitrogens with zero attached hydrogens (tertiary/aromatic N) is 2. The van der Waals surface area contributed by atoms with Crippen molar-refractivity contribution in [1.82, 2.24) is 4.98 Å². The normalized spacial score (nSPS) is 14.3. The van der Waals surface area contributed by atoms with E-state index in [-0.39, 0.29) is 5.91 Å². The van der Waals surface area contributed by atoms with Crippen LogP contribution in [0.25, 0.3) is 16.3 Å². The Labute approximate surface area is 138 Å². The molecule has 2 aromatic carbocycles. The topological polar surface area (TPSA) is 33.2 Å². The van der Waals surface area contributed by atoms with Crippen molar-refractivity contribution in [2.75, 3.05) is 11.4 Å². The van der Waals surface area contributed by atoms with Crippen LogP contribution in [0.15, 0.2) is 54.6 Å². The van der Waals surface area contributed by atoms with Gasteiger partial charge in [0, 0.05) is 18.3 Å². The number of carbonyl (C=O) groups is 1. The monoisotopic (exact) mass is 320 g/mol. The van der Waals surface area contributed by atoms with Crippen LogP contribution in [0.1, 0.15) is 17.0 Å². The number of rotatable bonds is 2. The summed E-state index contributed by atoms with van der Waals surface area (Å²) in [5.74, 6) is 0.0245. The van der Waals surface area contributed by atoms with Crippen molar-refractivity contribution < 1.29 is 4.79 Å². The predicted octanol–water partition coefficient (Wildman–Crippen LogP) is 4.29. The van der Waals surface area contributed by atoms with Gasteiger partial charge in [-0.3, -0.25) is 4.79 Å². The van der Waals surface area contributed by atoms with Crippen LogP contribution in [0, 0.1) is 0 Å². The zero-order chi connectivity index (χ0) is 15.6. The van der Waals surface area contributed by atoms with E-state index in [0.29, 0.717) is 0 Å². The molecule has 0 saturated heterocycles. The molecule has 0 spiro atoms. The van der Waals surface area contributed by atoms with Crippen molar-refractivity contribution in [2.24, 2.45) is 0 Å². The molecule has 23 heavy (non-hydrogen) atoms. The number of aryl methyl sites for hydroxylation is 1. The Bertz CT molecular complexity index is 864. The van der Waals surface area contributed by atoms with Gasteiger partial charge in [-0.1, -0.05) is 30.3 Å². The number of fused-ring (bicyclic) bond motifs is 2. The molecule has 0 aliphatic carbocycles. The zero-order valence-electron chi connectivity index (χ0n) is 12.6. The summed E-state index contributed by atoms with van der Waals surface area (Å²) in [5.41, 5.74) is 3.27. The maximum absolute atomic E-state index is 12.6. The second-order valence-corrected chi connectivity index (χ2v) is 6.64. The van der Waals surface area contributed by atoms with Gasteiger partial charge in [0.05, 0.1) is 10.2 Å². The van der Waals surface area contributed by atoms with Crippen molar-refractivity contribution in [3.63, 3.8) is 0 Å². The first-order valence-electron chi connectivity index (χ1n) is 7.74. The minimum absolute atomic E-state index is 0.0245. The molecule has 1 aliphatic rings. The van der Waals surface area contributed by atoms with Gasteiger partial charge in [0.1, 0.15) is 5.01 Å². The third-order valence-corrected chi connectivity index (χ3v) is 5.06. The van der Waals surface area contributed by atoms with Crippen LogP contribution in [0.5, 0.6) is 0 Å². The highest BCUT2D eigenvalue weighted by molar-refractivity contribution is 7.19. The lowest BCUT2D eigenvalue weighted by molar-refractivity contribution is -0.114. The van der Waals surface area contributed by atoms with Crippen LogP contribution < -0.4 is 4.90 Å². The molecule has 3 aromatic rings. The average molecular weight is 320 g/mol. The summed E-state index contributed by atoms with van der Waals surface area (Å²) in [6, 6.07) is 16.2. The molecular weight excluding hydrogens is 304 g/mol. The molecular formula is C19H16N2OS. The number of benzene rings is 2. The molecule has 114 valence electrons. The first-order valence-corrected chi connectivity index (χ1v) is 8.56. The van der Waals surface area contributed by atoms with Gasteiger partial charge in [0.2, 0.25) is 0 Å². The van der Waals surface area contributed by atoms with Crippen LogP contribution in [0.2, 0.25) is 0 Å². The molecule has 0 atom stereocenters. The number of carbonyl (C=O) groups excluding carboxylic acids is 1. The first-order chi connectivity index (χ1) is 11.3. The van der Waals surface area contributed by atoms with E-state index in [1.807, 2.05) is 53.4 Å². The smallest absolute Gasteiger partial charge is 0.251 e. The molecule has 1 amide bonds. The number of hydrogen-bond acceptors (Lipinski definition) is 3. The standard InChI is InChI=1S/C19H16N2OS/c22-19(21-13-5-7-14-6-1-3-9-16(14)21)12-11-18-20-15-8-2-4-10-17(15)23-18/h1-4,6,8-12H,5,7,13H2. The quantitative estimate of drug-likeness (QED) is 0.660. The van der Waals surface area contributed by atoms with Gasteiger partial charge in [-0.25, -0.2) is 4.98 Å². The molecule has 4 heteroatoms. The minimum atomic E-state index is 0.0245. The van der Waals surface area contributed by atoms with Gasteiger partial charge in [-0.05, 0) is 42.7 Å².